The summed E-state index contributed by atoms with van der Waals surface area (Å²) in [7, 11) is 0. The number of fused-ring (bicyclic) bond motifs is 1. The summed E-state index contributed by atoms with van der Waals surface area (Å²) in [6.07, 6.45) is 1.75. The lowest BCUT2D eigenvalue weighted by Crippen LogP contribution is -2.28. The van der Waals surface area contributed by atoms with Crippen molar-refractivity contribution in [2.24, 2.45) is 0 Å². The quantitative estimate of drug-likeness (QED) is 0.737. The van der Waals surface area contributed by atoms with E-state index in [1.54, 1.807) is 17.5 Å². The summed E-state index contributed by atoms with van der Waals surface area (Å²) in [6.45, 7) is 4.26. The van der Waals surface area contributed by atoms with Crippen LogP contribution in [0.25, 0.3) is 10.8 Å². The van der Waals surface area contributed by atoms with Crippen LogP contribution < -0.4 is 10.9 Å². The smallest absolute Gasteiger partial charge is 0.274 e. The molecule has 0 unspecified atom stereocenters. The van der Waals surface area contributed by atoms with Crippen molar-refractivity contribution in [2.45, 2.75) is 20.0 Å². The average Bonchev–Trinajstić information content (AvgIpc) is 2.91. The highest BCUT2D eigenvalue weighted by Crippen LogP contribution is 2.14. The van der Waals surface area contributed by atoms with Crippen molar-refractivity contribution in [3.8, 4) is 0 Å². The molecule has 108 valence electrons. The number of hydrogen-bond acceptors (Lipinski definition) is 4. The first-order valence-electron chi connectivity index (χ1n) is 6.94. The molecule has 4 nitrogen and oxygen atoms in total. The minimum atomic E-state index is -0.0257. The fourth-order valence-corrected chi connectivity index (χ4v) is 3.13. The Morgan fingerprint density at radius 2 is 2.14 bits per heavy atom. The first-order valence-corrected chi connectivity index (χ1v) is 7.82. The van der Waals surface area contributed by atoms with Gasteiger partial charge >= 0.3 is 0 Å². The van der Waals surface area contributed by atoms with E-state index in [0.717, 1.165) is 23.9 Å². The van der Waals surface area contributed by atoms with Gasteiger partial charge in [-0.1, -0.05) is 18.2 Å². The molecule has 0 fully saturated rings. The van der Waals surface area contributed by atoms with Crippen LogP contribution in [0.4, 0.5) is 0 Å². The molecule has 21 heavy (non-hydrogen) atoms. The Kier molecular flexibility index (Phi) is 4.13. The van der Waals surface area contributed by atoms with E-state index in [1.807, 2.05) is 24.3 Å². The number of benzene rings is 1. The summed E-state index contributed by atoms with van der Waals surface area (Å²) in [4.78, 5) is 13.6. The van der Waals surface area contributed by atoms with Gasteiger partial charge in [0.25, 0.3) is 5.56 Å². The summed E-state index contributed by atoms with van der Waals surface area (Å²) >= 11 is 1.75. The zero-order chi connectivity index (χ0) is 14.7. The number of aromatic nitrogens is 2. The number of nitrogens with one attached hydrogen (secondary N) is 1. The van der Waals surface area contributed by atoms with Crippen LogP contribution in [0.15, 0.2) is 46.7 Å². The molecule has 3 aromatic rings. The highest BCUT2D eigenvalue weighted by atomic mass is 32.1. The fourth-order valence-electron chi connectivity index (χ4n) is 2.26. The van der Waals surface area contributed by atoms with Crippen molar-refractivity contribution in [1.82, 2.24) is 15.1 Å². The summed E-state index contributed by atoms with van der Waals surface area (Å²) in [5, 5.41) is 11.3. The molecule has 0 atom stereocenters. The van der Waals surface area contributed by atoms with E-state index < -0.39 is 0 Å². The molecule has 5 heteroatoms. The van der Waals surface area contributed by atoms with Crippen molar-refractivity contribution in [3.05, 3.63) is 62.7 Å². The zero-order valence-electron chi connectivity index (χ0n) is 11.9. The summed E-state index contributed by atoms with van der Waals surface area (Å²) in [5.74, 6) is 0. The third-order valence-corrected chi connectivity index (χ3v) is 4.54. The summed E-state index contributed by atoms with van der Waals surface area (Å²) in [5.41, 5.74) is 1.29. The first kappa shape index (κ1) is 14.0. The molecule has 0 aliphatic heterocycles. The van der Waals surface area contributed by atoms with Gasteiger partial charge in [-0.3, -0.25) is 4.79 Å². The Morgan fingerprint density at radius 3 is 2.95 bits per heavy atom. The van der Waals surface area contributed by atoms with Crippen LogP contribution in [0.1, 0.15) is 10.4 Å². The maximum absolute atomic E-state index is 12.3. The molecular weight excluding hydrogens is 282 g/mol. The van der Waals surface area contributed by atoms with Gasteiger partial charge < -0.3 is 5.32 Å². The minimum absolute atomic E-state index is 0.0257. The Morgan fingerprint density at radius 1 is 1.29 bits per heavy atom. The molecule has 1 aromatic carbocycles. The second-order valence-corrected chi connectivity index (χ2v) is 5.96. The maximum Gasteiger partial charge on any atom is 0.274 e. The van der Waals surface area contributed by atoms with Crippen molar-refractivity contribution in [2.75, 3.05) is 6.54 Å². The number of thiophene rings is 1. The third-order valence-electron chi connectivity index (χ3n) is 3.52. The lowest BCUT2D eigenvalue weighted by atomic mass is 10.2. The van der Waals surface area contributed by atoms with E-state index in [4.69, 9.17) is 0 Å². The van der Waals surface area contributed by atoms with E-state index in [2.05, 4.69) is 28.8 Å². The van der Waals surface area contributed by atoms with E-state index in [1.165, 1.54) is 15.1 Å². The Balaban J connectivity index is 1.64. The van der Waals surface area contributed by atoms with Gasteiger partial charge in [-0.2, -0.15) is 5.10 Å². The Bertz CT molecular complexity index is 806. The van der Waals surface area contributed by atoms with E-state index in [9.17, 15) is 4.79 Å². The Labute approximate surface area is 127 Å². The summed E-state index contributed by atoms with van der Waals surface area (Å²) in [6, 6.07) is 9.67. The van der Waals surface area contributed by atoms with Crippen LogP contribution >= 0.6 is 11.3 Å². The van der Waals surface area contributed by atoms with Crippen molar-refractivity contribution in [1.29, 1.82) is 0 Å². The van der Waals surface area contributed by atoms with Crippen LogP contribution in [-0.4, -0.2) is 16.3 Å². The van der Waals surface area contributed by atoms with Gasteiger partial charge in [-0.25, -0.2) is 4.68 Å². The molecule has 0 saturated heterocycles. The molecule has 0 aliphatic rings. The average molecular weight is 299 g/mol. The molecule has 0 radical (unpaired) electrons. The van der Waals surface area contributed by atoms with Crippen LogP contribution in [0.5, 0.6) is 0 Å². The van der Waals surface area contributed by atoms with Crippen molar-refractivity contribution in [3.63, 3.8) is 0 Å². The van der Waals surface area contributed by atoms with Crippen molar-refractivity contribution >= 4 is 22.1 Å². The normalized spacial score (nSPS) is 11.1. The van der Waals surface area contributed by atoms with Crippen LogP contribution in [0.2, 0.25) is 0 Å². The molecular formula is C16H17N3OS. The molecule has 0 amide bonds. The number of rotatable bonds is 5. The monoisotopic (exact) mass is 299 g/mol. The highest BCUT2D eigenvalue weighted by molar-refractivity contribution is 7.10. The molecule has 1 N–H and O–H groups in total. The van der Waals surface area contributed by atoms with Gasteiger partial charge in [-0.15, -0.1) is 11.3 Å². The van der Waals surface area contributed by atoms with E-state index >= 15 is 0 Å². The number of aryl methyl sites for hydroxylation is 1. The molecule has 0 aliphatic carbocycles. The standard InChI is InChI=1S/C16H17N3OS/c1-12-6-9-21-15(12)11-17-7-8-19-16(20)14-5-3-2-4-13(14)10-18-19/h2-6,9-10,17H,7-8,11H2,1H3. The van der Waals surface area contributed by atoms with Gasteiger partial charge in [0.2, 0.25) is 0 Å². The van der Waals surface area contributed by atoms with E-state index in [-0.39, 0.29) is 5.56 Å². The molecule has 0 saturated carbocycles. The SMILES string of the molecule is Cc1ccsc1CNCCn1ncc2ccccc2c1=O. The van der Waals surface area contributed by atoms with E-state index in [0.29, 0.717) is 6.54 Å². The first-order chi connectivity index (χ1) is 10.3. The highest BCUT2D eigenvalue weighted by Gasteiger charge is 2.03. The molecule has 0 bridgehead atoms. The predicted octanol–water partition coefficient (Wildman–Crippen LogP) is 2.56. The molecule has 3 rings (SSSR count). The van der Waals surface area contributed by atoms with Crippen LogP contribution in [0, 0.1) is 6.92 Å². The topological polar surface area (TPSA) is 46.9 Å². The molecule has 2 heterocycles. The molecule has 2 aromatic heterocycles. The minimum Gasteiger partial charge on any atom is -0.310 e. The van der Waals surface area contributed by atoms with Crippen LogP contribution in [-0.2, 0) is 13.1 Å². The number of hydrogen-bond donors (Lipinski definition) is 1. The lowest BCUT2D eigenvalue weighted by molar-refractivity contribution is 0.537. The second-order valence-electron chi connectivity index (χ2n) is 4.96. The summed E-state index contributed by atoms with van der Waals surface area (Å²) < 4.78 is 1.52. The van der Waals surface area contributed by atoms with Gasteiger partial charge in [0, 0.05) is 23.4 Å². The number of nitrogens with zero attached hydrogens (tertiary/aromatic N) is 2. The second kappa shape index (κ2) is 6.20. The maximum atomic E-state index is 12.3. The van der Waals surface area contributed by atoms with Gasteiger partial charge in [0.15, 0.2) is 0 Å². The van der Waals surface area contributed by atoms with Gasteiger partial charge in [0.05, 0.1) is 18.1 Å². The largest absolute Gasteiger partial charge is 0.310 e. The fraction of sp³-hybridized carbons (Fsp3) is 0.250. The Hall–Kier alpha value is -1.98. The van der Waals surface area contributed by atoms with Crippen molar-refractivity contribution < 1.29 is 0 Å². The third kappa shape index (κ3) is 3.04. The van der Waals surface area contributed by atoms with Gasteiger partial charge in [-0.05, 0) is 30.0 Å². The van der Waals surface area contributed by atoms with Gasteiger partial charge in [0.1, 0.15) is 0 Å². The lowest BCUT2D eigenvalue weighted by Gasteiger charge is -2.07. The zero-order valence-corrected chi connectivity index (χ0v) is 12.7. The predicted molar refractivity (Wildman–Crippen MR) is 86.8 cm³/mol. The van der Waals surface area contributed by atoms with Crippen LogP contribution in [0.3, 0.4) is 0 Å². The molecule has 0 spiro atoms.